The van der Waals surface area contributed by atoms with Crippen molar-refractivity contribution < 1.29 is 28.2 Å². The standard InChI is InChI=1S/C23H27F3N8O3/c1-2-28-22(37)14-7-15(19(36)18(14)35)33-11-32-17-20(33)30-10-31-21(17)34(13-5-6-27-9-13)16-4-3-12(8-29-16)23(24,25)26/h3-4,8,10-11,13-15,18-19,27,35-36H,2,5-7,9H2,1H3,(H,28,37)/t13?,14-,15+,18+,19-/m0/s1. The summed E-state index contributed by atoms with van der Waals surface area (Å²) < 4.78 is 41.0. The van der Waals surface area contributed by atoms with Crippen molar-refractivity contribution in [2.24, 2.45) is 5.92 Å². The minimum atomic E-state index is -4.51. The van der Waals surface area contributed by atoms with Gasteiger partial charge in [-0.15, -0.1) is 0 Å². The summed E-state index contributed by atoms with van der Waals surface area (Å²) >= 11 is 0. The van der Waals surface area contributed by atoms with Crippen molar-refractivity contribution in [1.29, 1.82) is 0 Å². The van der Waals surface area contributed by atoms with Gasteiger partial charge in [0.2, 0.25) is 5.91 Å². The third-order valence-corrected chi connectivity index (χ3v) is 6.99. The van der Waals surface area contributed by atoms with E-state index in [4.69, 9.17) is 0 Å². The van der Waals surface area contributed by atoms with E-state index in [0.29, 0.717) is 36.5 Å². The first-order chi connectivity index (χ1) is 17.7. The number of anilines is 2. The van der Waals surface area contributed by atoms with Crippen molar-refractivity contribution in [3.63, 3.8) is 0 Å². The Kier molecular flexibility index (Phi) is 6.72. The van der Waals surface area contributed by atoms with Gasteiger partial charge in [-0.05, 0) is 38.4 Å². The van der Waals surface area contributed by atoms with E-state index in [9.17, 15) is 28.2 Å². The highest BCUT2D eigenvalue weighted by Gasteiger charge is 2.46. The molecule has 1 saturated heterocycles. The molecular formula is C23H27F3N8O3. The van der Waals surface area contributed by atoms with Gasteiger partial charge in [0.05, 0.1) is 36.0 Å². The lowest BCUT2D eigenvalue weighted by Crippen LogP contribution is -2.38. The predicted molar refractivity (Wildman–Crippen MR) is 126 cm³/mol. The number of hydrogen-bond donors (Lipinski definition) is 4. The van der Waals surface area contributed by atoms with Crippen LogP contribution in [-0.2, 0) is 11.0 Å². The van der Waals surface area contributed by atoms with E-state index in [0.717, 1.165) is 18.8 Å². The van der Waals surface area contributed by atoms with E-state index in [1.165, 1.54) is 18.7 Å². The van der Waals surface area contributed by atoms with Gasteiger partial charge in [-0.25, -0.2) is 19.9 Å². The molecule has 5 rings (SSSR count). The highest BCUT2D eigenvalue weighted by Crippen LogP contribution is 2.39. The summed E-state index contributed by atoms with van der Waals surface area (Å²) in [5.41, 5.74) is -0.131. The molecule has 14 heteroatoms. The van der Waals surface area contributed by atoms with Gasteiger partial charge in [0.25, 0.3) is 0 Å². The zero-order chi connectivity index (χ0) is 26.3. The number of aliphatic hydroxyl groups is 2. The lowest BCUT2D eigenvalue weighted by molar-refractivity contribution is -0.137. The molecule has 0 spiro atoms. The van der Waals surface area contributed by atoms with Crippen LogP contribution in [0.4, 0.5) is 24.8 Å². The molecule has 3 aromatic rings. The van der Waals surface area contributed by atoms with E-state index in [2.05, 4.69) is 30.6 Å². The molecule has 1 aliphatic carbocycles. The fourth-order valence-corrected chi connectivity index (χ4v) is 5.13. The monoisotopic (exact) mass is 520 g/mol. The molecule has 4 N–H and O–H groups in total. The first kappa shape index (κ1) is 25.3. The second-order valence-electron chi connectivity index (χ2n) is 9.23. The molecule has 2 fully saturated rings. The minimum absolute atomic E-state index is 0.145. The average molecular weight is 521 g/mol. The number of nitrogens with zero attached hydrogens (tertiary/aromatic N) is 6. The first-order valence-corrected chi connectivity index (χ1v) is 12.0. The topological polar surface area (TPSA) is 141 Å². The Morgan fingerprint density at radius 2 is 2.03 bits per heavy atom. The predicted octanol–water partition coefficient (Wildman–Crippen LogP) is 1.16. The Morgan fingerprint density at radius 3 is 2.68 bits per heavy atom. The molecule has 1 saturated carbocycles. The normalized spacial score (nSPS) is 26.1. The van der Waals surface area contributed by atoms with Crippen molar-refractivity contribution in [2.75, 3.05) is 24.5 Å². The maximum absolute atomic E-state index is 13.1. The summed E-state index contributed by atoms with van der Waals surface area (Å²) in [6, 6.07) is 1.47. The number of halogens is 3. The summed E-state index contributed by atoms with van der Waals surface area (Å²) in [6.07, 6.45) is -2.54. The fraction of sp³-hybridized carbons (Fsp3) is 0.522. The second kappa shape index (κ2) is 9.84. The van der Waals surface area contributed by atoms with E-state index in [1.54, 1.807) is 16.4 Å². The van der Waals surface area contributed by atoms with Crippen LogP contribution in [0.1, 0.15) is 31.4 Å². The van der Waals surface area contributed by atoms with Gasteiger partial charge in [0.1, 0.15) is 18.2 Å². The van der Waals surface area contributed by atoms with Crippen LogP contribution in [0.2, 0.25) is 0 Å². The van der Waals surface area contributed by atoms with Crippen LogP contribution in [-0.4, -0.2) is 78.5 Å². The number of alkyl halides is 3. The lowest BCUT2D eigenvalue weighted by atomic mass is 10.0. The Hall–Kier alpha value is -3.36. The van der Waals surface area contributed by atoms with E-state index >= 15 is 0 Å². The van der Waals surface area contributed by atoms with E-state index in [-0.39, 0.29) is 24.2 Å². The van der Waals surface area contributed by atoms with Gasteiger partial charge in [0, 0.05) is 19.3 Å². The van der Waals surface area contributed by atoms with Crippen molar-refractivity contribution in [1.82, 2.24) is 35.1 Å². The van der Waals surface area contributed by atoms with Crippen LogP contribution < -0.4 is 15.5 Å². The number of aromatic nitrogens is 5. The Bertz CT molecular complexity index is 1260. The number of carbonyl (C=O) groups is 1. The van der Waals surface area contributed by atoms with Crippen molar-refractivity contribution in [3.05, 3.63) is 36.5 Å². The second-order valence-corrected chi connectivity index (χ2v) is 9.23. The van der Waals surface area contributed by atoms with Crippen LogP contribution in [0, 0.1) is 5.92 Å². The zero-order valence-corrected chi connectivity index (χ0v) is 19.9. The highest BCUT2D eigenvalue weighted by atomic mass is 19.4. The van der Waals surface area contributed by atoms with Gasteiger partial charge >= 0.3 is 6.18 Å². The highest BCUT2D eigenvalue weighted by molar-refractivity contribution is 5.86. The van der Waals surface area contributed by atoms with Crippen LogP contribution in [0.25, 0.3) is 11.2 Å². The molecule has 37 heavy (non-hydrogen) atoms. The molecule has 0 bridgehead atoms. The summed E-state index contributed by atoms with van der Waals surface area (Å²) in [5.74, 6) is -0.498. The summed E-state index contributed by atoms with van der Waals surface area (Å²) in [7, 11) is 0. The van der Waals surface area contributed by atoms with Gasteiger partial charge < -0.3 is 30.3 Å². The van der Waals surface area contributed by atoms with Crippen molar-refractivity contribution in [3.8, 4) is 0 Å². The Morgan fingerprint density at radius 1 is 1.22 bits per heavy atom. The van der Waals surface area contributed by atoms with Crippen LogP contribution in [0.15, 0.2) is 31.0 Å². The third-order valence-electron chi connectivity index (χ3n) is 6.99. The Labute approximate surface area is 209 Å². The number of carbonyl (C=O) groups excluding carboxylic acids is 1. The van der Waals surface area contributed by atoms with Gasteiger partial charge in [-0.3, -0.25) is 4.79 Å². The molecular weight excluding hydrogens is 493 g/mol. The number of aliphatic hydroxyl groups excluding tert-OH is 2. The number of imidazole rings is 1. The van der Waals surface area contributed by atoms with E-state index < -0.39 is 35.9 Å². The zero-order valence-electron chi connectivity index (χ0n) is 19.9. The lowest BCUT2D eigenvalue weighted by Gasteiger charge is -2.29. The molecule has 198 valence electrons. The smallest absolute Gasteiger partial charge is 0.390 e. The van der Waals surface area contributed by atoms with Crippen molar-refractivity contribution >= 4 is 28.7 Å². The number of fused-ring (bicyclic) bond motifs is 1. The fourth-order valence-electron chi connectivity index (χ4n) is 5.13. The number of rotatable bonds is 6. The SMILES string of the molecule is CCNC(=O)[C@H]1C[C@@H](n2cnc3c(N(c4ccc(C(F)(F)F)cn4)C4CCNC4)ncnc32)[C@H](O)[C@@H]1O. The molecule has 1 aliphatic heterocycles. The number of hydrogen-bond acceptors (Lipinski definition) is 9. The van der Waals surface area contributed by atoms with Crippen molar-refractivity contribution in [2.45, 2.75) is 50.2 Å². The van der Waals surface area contributed by atoms with Crippen LogP contribution >= 0.6 is 0 Å². The van der Waals surface area contributed by atoms with Gasteiger partial charge in [-0.2, -0.15) is 13.2 Å². The number of nitrogens with one attached hydrogen (secondary N) is 2. The maximum atomic E-state index is 13.1. The summed E-state index contributed by atoms with van der Waals surface area (Å²) in [5, 5.41) is 27.2. The first-order valence-electron chi connectivity index (χ1n) is 12.0. The quantitative estimate of drug-likeness (QED) is 0.377. The molecule has 0 aromatic carbocycles. The largest absolute Gasteiger partial charge is 0.417 e. The Balaban J connectivity index is 1.53. The van der Waals surface area contributed by atoms with Crippen LogP contribution in [0.3, 0.4) is 0 Å². The number of pyridine rings is 1. The molecule has 1 amide bonds. The molecule has 11 nitrogen and oxygen atoms in total. The summed E-state index contributed by atoms with van der Waals surface area (Å²) in [4.78, 5) is 31.5. The number of amides is 1. The molecule has 1 unspecified atom stereocenters. The minimum Gasteiger partial charge on any atom is -0.390 e. The average Bonchev–Trinajstić information content (AvgIpc) is 3.60. The summed E-state index contributed by atoms with van der Waals surface area (Å²) in [6.45, 7) is 3.46. The molecule has 5 atom stereocenters. The van der Waals surface area contributed by atoms with E-state index in [1.807, 2.05) is 0 Å². The van der Waals surface area contributed by atoms with Crippen LogP contribution in [0.5, 0.6) is 0 Å². The van der Waals surface area contributed by atoms with Gasteiger partial charge in [0.15, 0.2) is 17.0 Å². The molecule has 2 aliphatic rings. The molecule has 3 aromatic heterocycles. The van der Waals surface area contributed by atoms with Gasteiger partial charge in [-0.1, -0.05) is 0 Å². The maximum Gasteiger partial charge on any atom is 0.417 e. The third kappa shape index (κ3) is 4.60. The molecule has 0 radical (unpaired) electrons. The molecule has 4 heterocycles.